The Hall–Kier alpha value is -1.16. The predicted molar refractivity (Wildman–Crippen MR) is 117 cm³/mol. The number of hydrogen-bond donors (Lipinski definition) is 2. The molecule has 164 valence electrons. The number of carboxylic acids is 2. The highest BCUT2D eigenvalue weighted by molar-refractivity contribution is 6.54. The SMILES string of the molecule is O=C(O)c1c(Cl)c(Cl)c(C(=O)OC(=O)c2c(Cl)c(Cl)c(C(=O)O)c(Cl)c2Cl)c(Cl)c1Cl. The Kier molecular flexibility index (Phi) is 8.22. The zero-order valence-corrected chi connectivity index (χ0v) is 20.0. The van der Waals surface area contributed by atoms with E-state index in [0.717, 1.165) is 0 Å². The van der Waals surface area contributed by atoms with Gasteiger partial charge in [0.15, 0.2) is 0 Å². The van der Waals surface area contributed by atoms with Crippen molar-refractivity contribution in [3.63, 3.8) is 0 Å². The van der Waals surface area contributed by atoms with Gasteiger partial charge in [0.2, 0.25) is 0 Å². The van der Waals surface area contributed by atoms with Gasteiger partial charge in [0, 0.05) is 0 Å². The van der Waals surface area contributed by atoms with E-state index >= 15 is 0 Å². The van der Waals surface area contributed by atoms with E-state index in [9.17, 15) is 19.2 Å². The minimum Gasteiger partial charge on any atom is -0.478 e. The van der Waals surface area contributed by atoms with Crippen LogP contribution < -0.4 is 0 Å². The van der Waals surface area contributed by atoms with Gasteiger partial charge < -0.3 is 14.9 Å². The fraction of sp³-hybridized carbons (Fsp3) is 0. The minimum atomic E-state index is -1.59. The van der Waals surface area contributed by atoms with Crippen molar-refractivity contribution in [1.29, 1.82) is 0 Å². The Morgan fingerprint density at radius 2 is 0.645 bits per heavy atom. The van der Waals surface area contributed by atoms with E-state index in [1.807, 2.05) is 0 Å². The van der Waals surface area contributed by atoms with Gasteiger partial charge in [-0.2, -0.15) is 0 Å². The summed E-state index contributed by atoms with van der Waals surface area (Å²) in [6.45, 7) is 0. The van der Waals surface area contributed by atoms with Crippen molar-refractivity contribution in [3.8, 4) is 0 Å². The lowest BCUT2D eigenvalue weighted by atomic mass is 10.1. The lowest BCUT2D eigenvalue weighted by molar-refractivity contribution is 0.0396. The number of carbonyl (C=O) groups is 4. The summed E-state index contributed by atoms with van der Waals surface area (Å²) >= 11 is 46.9. The molecule has 0 aromatic heterocycles. The van der Waals surface area contributed by atoms with Crippen molar-refractivity contribution < 1.29 is 34.1 Å². The third-order valence-corrected chi connectivity index (χ3v) is 6.96. The molecule has 0 spiro atoms. The molecule has 0 amide bonds. The molecule has 0 aliphatic carbocycles. The Morgan fingerprint density at radius 1 is 0.452 bits per heavy atom. The van der Waals surface area contributed by atoms with E-state index in [1.165, 1.54) is 0 Å². The smallest absolute Gasteiger partial charge is 0.349 e. The van der Waals surface area contributed by atoms with Crippen LogP contribution in [-0.4, -0.2) is 34.1 Å². The maximum atomic E-state index is 12.5. The van der Waals surface area contributed by atoms with Crippen molar-refractivity contribution in [2.75, 3.05) is 0 Å². The Labute approximate surface area is 212 Å². The van der Waals surface area contributed by atoms with Crippen LogP contribution in [0.25, 0.3) is 0 Å². The maximum Gasteiger partial charge on any atom is 0.349 e. The number of hydrogen-bond acceptors (Lipinski definition) is 5. The third-order valence-electron chi connectivity index (χ3n) is 3.55. The molecule has 0 aliphatic heterocycles. The lowest BCUT2D eigenvalue weighted by Gasteiger charge is -2.14. The quantitative estimate of drug-likeness (QED) is 0.218. The maximum absolute atomic E-state index is 12.5. The molecule has 15 heteroatoms. The second-order valence-corrected chi connectivity index (χ2v) is 8.32. The molecule has 0 unspecified atom stereocenters. The van der Waals surface area contributed by atoms with Crippen molar-refractivity contribution in [2.24, 2.45) is 0 Å². The Bertz CT molecular complexity index is 1040. The summed E-state index contributed by atoms with van der Waals surface area (Å²) in [5, 5.41) is 13.0. The van der Waals surface area contributed by atoms with Gasteiger partial charge in [-0.1, -0.05) is 92.8 Å². The fourth-order valence-electron chi connectivity index (χ4n) is 2.18. The van der Waals surface area contributed by atoms with E-state index in [-0.39, 0.29) is 0 Å². The molecular formula is C16H2Cl8O7. The molecule has 7 nitrogen and oxygen atoms in total. The first-order chi connectivity index (χ1) is 14.2. The van der Waals surface area contributed by atoms with E-state index in [2.05, 4.69) is 4.74 Å². The molecule has 31 heavy (non-hydrogen) atoms. The number of benzene rings is 2. The predicted octanol–water partition coefficient (Wildman–Crippen LogP) is 7.31. The van der Waals surface area contributed by atoms with Crippen LogP contribution in [0.5, 0.6) is 0 Å². The summed E-state index contributed by atoms with van der Waals surface area (Å²) < 4.78 is 4.62. The first kappa shape index (κ1) is 26.1. The van der Waals surface area contributed by atoms with Crippen molar-refractivity contribution in [3.05, 3.63) is 62.4 Å². The minimum absolute atomic E-state index is 0.643. The number of esters is 2. The first-order valence-electron chi connectivity index (χ1n) is 7.18. The van der Waals surface area contributed by atoms with Gasteiger partial charge in [0.25, 0.3) is 0 Å². The van der Waals surface area contributed by atoms with Crippen LogP contribution in [0, 0.1) is 0 Å². The average molecular weight is 590 g/mol. The van der Waals surface area contributed by atoms with Gasteiger partial charge in [-0.25, -0.2) is 19.2 Å². The molecule has 2 aromatic rings. The first-order valence-corrected chi connectivity index (χ1v) is 10.2. The van der Waals surface area contributed by atoms with Crippen LogP contribution in [0.4, 0.5) is 0 Å². The van der Waals surface area contributed by atoms with E-state index < -0.39 is 86.3 Å². The normalized spacial score (nSPS) is 10.7. The highest BCUT2D eigenvalue weighted by Gasteiger charge is 2.33. The second-order valence-electron chi connectivity index (χ2n) is 5.30. The number of ether oxygens (including phenoxy) is 1. The van der Waals surface area contributed by atoms with E-state index in [0.29, 0.717) is 0 Å². The number of aromatic carboxylic acids is 2. The van der Waals surface area contributed by atoms with Gasteiger partial charge in [-0.15, -0.1) is 0 Å². The highest BCUT2D eigenvalue weighted by atomic mass is 35.5. The topological polar surface area (TPSA) is 118 Å². The van der Waals surface area contributed by atoms with Crippen LogP contribution >= 0.6 is 92.8 Å². The van der Waals surface area contributed by atoms with Crippen LogP contribution in [0.1, 0.15) is 41.4 Å². The summed E-state index contributed by atoms with van der Waals surface area (Å²) in [6.07, 6.45) is 0. The van der Waals surface area contributed by atoms with Gasteiger partial charge in [-0.05, 0) is 0 Å². The summed E-state index contributed by atoms with van der Waals surface area (Å²) in [4.78, 5) is 47.5. The van der Waals surface area contributed by atoms with Crippen molar-refractivity contribution >= 4 is 117 Å². The van der Waals surface area contributed by atoms with E-state index in [4.69, 9.17) is 103 Å². The van der Waals surface area contributed by atoms with Crippen LogP contribution in [0.2, 0.25) is 40.2 Å². The van der Waals surface area contributed by atoms with Crippen LogP contribution in [0.15, 0.2) is 0 Å². The van der Waals surface area contributed by atoms with Gasteiger partial charge in [-0.3, -0.25) is 0 Å². The molecule has 0 saturated carbocycles. The van der Waals surface area contributed by atoms with Crippen LogP contribution in [-0.2, 0) is 4.74 Å². The Morgan fingerprint density at radius 3 is 0.839 bits per heavy atom. The zero-order chi connectivity index (χ0) is 23.9. The molecule has 0 aliphatic rings. The molecule has 2 rings (SSSR count). The standard InChI is InChI=1S/C16H2Cl8O7/c17-5-1(13(25)26)6(18)10(22)3(9(5)21)15(29)31-16(30)4-11(23)7(19)2(14(27)28)8(20)12(4)24/h(H,25,26)(H,27,28). The van der Waals surface area contributed by atoms with E-state index in [1.54, 1.807) is 0 Å². The average Bonchev–Trinajstić information content (AvgIpc) is 2.65. The molecule has 0 bridgehead atoms. The zero-order valence-electron chi connectivity index (χ0n) is 14.0. The number of rotatable bonds is 4. The number of carbonyl (C=O) groups excluding carboxylic acids is 2. The highest BCUT2D eigenvalue weighted by Crippen LogP contribution is 2.43. The van der Waals surface area contributed by atoms with Gasteiger partial charge in [0.05, 0.1) is 51.3 Å². The molecule has 0 radical (unpaired) electrons. The summed E-state index contributed by atoms with van der Waals surface area (Å²) in [6, 6.07) is 0. The molecular weight excluding hydrogens is 588 g/mol. The number of carboxylic acid groups (broad SMARTS) is 2. The summed E-state index contributed by atoms with van der Waals surface area (Å²) in [7, 11) is 0. The van der Waals surface area contributed by atoms with Crippen molar-refractivity contribution in [1.82, 2.24) is 0 Å². The molecule has 2 aromatic carbocycles. The second kappa shape index (κ2) is 9.77. The Balaban J connectivity index is 2.58. The molecule has 2 N–H and O–H groups in total. The van der Waals surface area contributed by atoms with Crippen LogP contribution in [0.3, 0.4) is 0 Å². The third kappa shape index (κ3) is 4.65. The van der Waals surface area contributed by atoms with Crippen molar-refractivity contribution in [2.45, 2.75) is 0 Å². The number of halogens is 8. The van der Waals surface area contributed by atoms with Gasteiger partial charge >= 0.3 is 23.9 Å². The molecule has 0 atom stereocenters. The van der Waals surface area contributed by atoms with Gasteiger partial charge in [0.1, 0.15) is 11.1 Å². The molecule has 0 heterocycles. The fourth-order valence-corrected chi connectivity index (χ4v) is 4.52. The summed E-state index contributed by atoms with van der Waals surface area (Å²) in [5.74, 6) is -6.20. The molecule has 0 saturated heterocycles. The largest absolute Gasteiger partial charge is 0.478 e. The monoisotopic (exact) mass is 586 g/mol. The summed E-state index contributed by atoms with van der Waals surface area (Å²) in [5.41, 5.74) is -2.84. The lowest BCUT2D eigenvalue weighted by Crippen LogP contribution is -2.17. The molecule has 0 fully saturated rings.